The second kappa shape index (κ2) is 11.0. The number of alkyl halides is 3. The van der Waals surface area contributed by atoms with Crippen LogP contribution in [0.1, 0.15) is 21.5 Å². The maximum Gasteiger partial charge on any atom is 0.416 e. The summed E-state index contributed by atoms with van der Waals surface area (Å²) in [7, 11) is 0. The molecule has 2 amide bonds. The van der Waals surface area contributed by atoms with Gasteiger partial charge in [-0.3, -0.25) is 14.9 Å². The van der Waals surface area contributed by atoms with Crippen molar-refractivity contribution >= 4 is 58.2 Å². The van der Waals surface area contributed by atoms with Gasteiger partial charge in [0.05, 0.1) is 5.56 Å². The van der Waals surface area contributed by atoms with E-state index in [0.717, 1.165) is 17.7 Å². The molecule has 10 heteroatoms. The van der Waals surface area contributed by atoms with E-state index in [1.807, 2.05) is 0 Å². The summed E-state index contributed by atoms with van der Waals surface area (Å²) in [5, 5.41) is 8.28. The summed E-state index contributed by atoms with van der Waals surface area (Å²) in [6.45, 7) is 0. The summed E-state index contributed by atoms with van der Waals surface area (Å²) in [4.78, 5) is 24.6. The van der Waals surface area contributed by atoms with Gasteiger partial charge in [0.2, 0.25) is 5.91 Å². The standard InChI is InChI=1S/C24H17ClF3N3O2S/c25-18-10-7-15(8-11-18)9-12-21(32)31-23(34)30-19-5-1-3-16(13-19)22(33)29-20-6-2-4-17(14-20)24(26,27)28/h1-14H,(H,29,33)(H2,30,31,32,34)/b12-9+. The zero-order chi connectivity index (χ0) is 24.7. The van der Waals surface area contributed by atoms with Gasteiger partial charge in [-0.25, -0.2) is 0 Å². The van der Waals surface area contributed by atoms with E-state index in [1.54, 1.807) is 42.5 Å². The second-order valence-electron chi connectivity index (χ2n) is 6.94. The van der Waals surface area contributed by atoms with Crippen LogP contribution in [0.4, 0.5) is 24.5 Å². The minimum absolute atomic E-state index is 0.00110. The van der Waals surface area contributed by atoms with E-state index < -0.39 is 23.6 Å². The molecule has 0 heterocycles. The summed E-state index contributed by atoms with van der Waals surface area (Å²) < 4.78 is 38.6. The molecule has 0 saturated heterocycles. The van der Waals surface area contributed by atoms with Crippen molar-refractivity contribution in [3.05, 3.63) is 101 Å². The van der Waals surface area contributed by atoms with E-state index in [0.29, 0.717) is 10.7 Å². The van der Waals surface area contributed by atoms with Crippen LogP contribution in [0.15, 0.2) is 78.9 Å². The zero-order valence-electron chi connectivity index (χ0n) is 17.3. The molecule has 0 aliphatic heterocycles. The number of anilines is 2. The number of rotatable bonds is 5. The molecule has 5 nitrogen and oxygen atoms in total. The molecule has 0 radical (unpaired) electrons. The number of thiocarbonyl (C=S) groups is 1. The molecule has 0 saturated carbocycles. The van der Waals surface area contributed by atoms with Gasteiger partial charge in [-0.15, -0.1) is 0 Å². The molecule has 34 heavy (non-hydrogen) atoms. The highest BCUT2D eigenvalue weighted by atomic mass is 35.5. The molecule has 3 rings (SSSR count). The third-order valence-corrected chi connectivity index (χ3v) is 4.82. The Kier molecular flexibility index (Phi) is 8.04. The number of carbonyl (C=O) groups is 2. The van der Waals surface area contributed by atoms with Crippen LogP contribution in [0.2, 0.25) is 5.02 Å². The van der Waals surface area contributed by atoms with Crippen molar-refractivity contribution in [2.75, 3.05) is 10.6 Å². The molecule has 3 aromatic rings. The Morgan fingerprint density at radius 3 is 2.21 bits per heavy atom. The minimum atomic E-state index is -4.52. The van der Waals surface area contributed by atoms with Crippen LogP contribution in [-0.4, -0.2) is 16.9 Å². The van der Waals surface area contributed by atoms with Crippen molar-refractivity contribution in [3.63, 3.8) is 0 Å². The Bertz CT molecular complexity index is 1240. The molecule has 0 aliphatic carbocycles. The van der Waals surface area contributed by atoms with Gasteiger partial charge in [0.25, 0.3) is 5.91 Å². The fourth-order valence-corrected chi connectivity index (χ4v) is 3.12. The quantitative estimate of drug-likeness (QED) is 0.289. The normalized spacial score (nSPS) is 11.2. The maximum absolute atomic E-state index is 12.9. The lowest BCUT2D eigenvalue weighted by Crippen LogP contribution is -2.32. The molecule has 174 valence electrons. The van der Waals surface area contributed by atoms with Crippen molar-refractivity contribution in [2.24, 2.45) is 0 Å². The number of hydrogen-bond donors (Lipinski definition) is 3. The van der Waals surface area contributed by atoms with E-state index in [1.165, 1.54) is 30.3 Å². The monoisotopic (exact) mass is 503 g/mol. The van der Waals surface area contributed by atoms with Crippen LogP contribution in [0.3, 0.4) is 0 Å². The first kappa shape index (κ1) is 24.9. The van der Waals surface area contributed by atoms with Crippen LogP contribution >= 0.6 is 23.8 Å². The van der Waals surface area contributed by atoms with Crippen LogP contribution in [0.5, 0.6) is 0 Å². The summed E-state index contributed by atoms with van der Waals surface area (Å²) in [6, 6.07) is 17.3. The van der Waals surface area contributed by atoms with E-state index in [4.69, 9.17) is 23.8 Å². The summed E-state index contributed by atoms with van der Waals surface area (Å²) in [5.41, 5.74) is 0.501. The Morgan fingerprint density at radius 2 is 1.53 bits per heavy atom. The predicted octanol–water partition coefficient (Wildman–Crippen LogP) is 6.14. The van der Waals surface area contributed by atoms with E-state index >= 15 is 0 Å². The van der Waals surface area contributed by atoms with Crippen LogP contribution in [0.25, 0.3) is 6.08 Å². The molecule has 0 aromatic heterocycles. The summed E-state index contributed by atoms with van der Waals surface area (Å²) in [5.74, 6) is -1.07. The van der Waals surface area contributed by atoms with Gasteiger partial charge in [-0.2, -0.15) is 13.2 Å². The number of amides is 2. The molecule has 0 bridgehead atoms. The Labute approximate surface area is 203 Å². The average Bonchev–Trinajstić information content (AvgIpc) is 2.78. The van der Waals surface area contributed by atoms with Gasteiger partial charge in [0, 0.05) is 28.0 Å². The van der Waals surface area contributed by atoms with Gasteiger partial charge in [0.15, 0.2) is 5.11 Å². The van der Waals surface area contributed by atoms with Gasteiger partial charge >= 0.3 is 6.18 Å². The maximum atomic E-state index is 12.9. The molecule has 0 unspecified atom stereocenters. The molecular formula is C24H17ClF3N3O2S. The van der Waals surface area contributed by atoms with Crippen LogP contribution in [0, 0.1) is 0 Å². The smallest absolute Gasteiger partial charge is 0.332 e. The van der Waals surface area contributed by atoms with Crippen molar-refractivity contribution in [1.82, 2.24) is 5.32 Å². The molecule has 3 N–H and O–H groups in total. The Hall–Kier alpha value is -3.69. The first-order chi connectivity index (χ1) is 16.1. The Balaban J connectivity index is 1.59. The predicted molar refractivity (Wildman–Crippen MR) is 131 cm³/mol. The number of benzene rings is 3. The average molecular weight is 504 g/mol. The topological polar surface area (TPSA) is 70.2 Å². The zero-order valence-corrected chi connectivity index (χ0v) is 18.9. The van der Waals surface area contributed by atoms with Gasteiger partial charge in [-0.05, 0) is 72.4 Å². The van der Waals surface area contributed by atoms with E-state index in [9.17, 15) is 22.8 Å². The molecular weight excluding hydrogens is 487 g/mol. The first-order valence-corrected chi connectivity index (χ1v) is 10.5. The highest BCUT2D eigenvalue weighted by Gasteiger charge is 2.30. The number of carbonyl (C=O) groups excluding carboxylic acids is 2. The molecule has 0 fully saturated rings. The SMILES string of the molecule is O=C(/C=C/c1ccc(Cl)cc1)NC(=S)Nc1cccc(C(=O)Nc2cccc(C(F)(F)F)c2)c1. The number of hydrogen-bond acceptors (Lipinski definition) is 3. The van der Waals surface area contributed by atoms with Crippen LogP contribution in [-0.2, 0) is 11.0 Å². The molecule has 0 spiro atoms. The van der Waals surface area contributed by atoms with Gasteiger partial charge in [-0.1, -0.05) is 35.9 Å². The number of halogens is 4. The molecule has 0 atom stereocenters. The van der Waals surface area contributed by atoms with E-state index in [2.05, 4.69) is 16.0 Å². The summed E-state index contributed by atoms with van der Waals surface area (Å²) in [6.07, 6.45) is -1.63. The second-order valence-corrected chi connectivity index (χ2v) is 7.79. The molecule has 3 aromatic carbocycles. The van der Waals surface area contributed by atoms with Crippen molar-refractivity contribution in [3.8, 4) is 0 Å². The highest BCUT2D eigenvalue weighted by molar-refractivity contribution is 7.80. The lowest BCUT2D eigenvalue weighted by atomic mass is 10.1. The lowest BCUT2D eigenvalue weighted by Gasteiger charge is -2.11. The first-order valence-electron chi connectivity index (χ1n) is 9.74. The highest BCUT2D eigenvalue weighted by Crippen LogP contribution is 2.30. The van der Waals surface area contributed by atoms with Crippen LogP contribution < -0.4 is 16.0 Å². The van der Waals surface area contributed by atoms with Gasteiger partial charge in [0.1, 0.15) is 0 Å². The van der Waals surface area contributed by atoms with Gasteiger partial charge < -0.3 is 10.6 Å². The van der Waals surface area contributed by atoms with Crippen molar-refractivity contribution < 1.29 is 22.8 Å². The largest absolute Gasteiger partial charge is 0.416 e. The fraction of sp³-hybridized carbons (Fsp3) is 0.0417. The minimum Gasteiger partial charge on any atom is -0.332 e. The van der Waals surface area contributed by atoms with E-state index in [-0.39, 0.29) is 16.4 Å². The fourth-order valence-electron chi connectivity index (χ4n) is 2.78. The summed E-state index contributed by atoms with van der Waals surface area (Å²) >= 11 is 10.9. The third-order valence-electron chi connectivity index (χ3n) is 4.36. The Morgan fingerprint density at radius 1 is 0.882 bits per heavy atom. The van der Waals surface area contributed by atoms with Crippen molar-refractivity contribution in [1.29, 1.82) is 0 Å². The van der Waals surface area contributed by atoms with Crippen molar-refractivity contribution in [2.45, 2.75) is 6.18 Å². The lowest BCUT2D eigenvalue weighted by molar-refractivity contribution is -0.137. The number of nitrogens with one attached hydrogen (secondary N) is 3. The third kappa shape index (κ3) is 7.43. The molecule has 0 aliphatic rings.